The van der Waals surface area contributed by atoms with Crippen molar-refractivity contribution in [3.8, 4) is 5.75 Å². The molecule has 1 aromatic carbocycles. The first-order valence-electron chi connectivity index (χ1n) is 8.65. The molecule has 1 heterocycles. The summed E-state index contributed by atoms with van der Waals surface area (Å²) in [5, 5.41) is 5.81. The molecule has 2 N–H and O–H groups in total. The first-order chi connectivity index (χ1) is 13.6. The smallest absolute Gasteiger partial charge is 0.434 e. The number of nitrogens with one attached hydrogen (secondary N) is 2. The van der Waals surface area contributed by atoms with Crippen LogP contribution < -0.4 is 15.4 Å². The Morgan fingerprint density at radius 1 is 1.21 bits per heavy atom. The van der Waals surface area contributed by atoms with Crippen LogP contribution in [0.1, 0.15) is 25.0 Å². The van der Waals surface area contributed by atoms with Crippen molar-refractivity contribution >= 4 is 23.3 Å². The van der Waals surface area contributed by atoms with E-state index in [1.54, 1.807) is 0 Å². The van der Waals surface area contributed by atoms with E-state index in [-0.39, 0.29) is 29.1 Å². The summed E-state index contributed by atoms with van der Waals surface area (Å²) in [6.45, 7) is -0.289. The molecule has 2 aromatic rings. The molecule has 0 spiro atoms. The summed E-state index contributed by atoms with van der Waals surface area (Å²) in [5.41, 5.74) is -1.87. The number of nitrogens with zero attached hydrogens (tertiary/aromatic N) is 2. The van der Waals surface area contributed by atoms with Crippen molar-refractivity contribution in [1.82, 2.24) is 15.3 Å². The summed E-state index contributed by atoms with van der Waals surface area (Å²) in [6, 6.07) is 3.87. The molecule has 3 fully saturated rings. The molecule has 154 valence electrons. The Balaban J connectivity index is 1.27. The Kier molecular flexibility index (Phi) is 4.56. The molecule has 1 amide bonds. The van der Waals surface area contributed by atoms with Crippen molar-refractivity contribution in [2.45, 2.75) is 36.5 Å². The summed E-state index contributed by atoms with van der Waals surface area (Å²) in [6.07, 6.45) is -0.995. The van der Waals surface area contributed by atoms with Crippen molar-refractivity contribution in [2.24, 2.45) is 0 Å². The monoisotopic (exact) mass is 430 g/mol. The minimum atomic E-state index is -4.56. The van der Waals surface area contributed by atoms with E-state index >= 15 is 0 Å². The average molecular weight is 431 g/mol. The third-order valence-corrected chi connectivity index (χ3v) is 5.32. The molecule has 0 atom stereocenters. The predicted octanol–water partition coefficient (Wildman–Crippen LogP) is 3.57. The van der Waals surface area contributed by atoms with Gasteiger partial charge in [-0.3, -0.25) is 9.78 Å². The number of carbonyl (C=O) groups is 1. The molecule has 5 rings (SSSR count). The normalized spacial score (nSPS) is 24.9. The highest BCUT2D eigenvalue weighted by Crippen LogP contribution is 2.61. The Labute approximate surface area is 167 Å². The van der Waals surface area contributed by atoms with Crippen LogP contribution in [0.5, 0.6) is 5.75 Å². The zero-order valence-electron chi connectivity index (χ0n) is 14.8. The van der Waals surface area contributed by atoms with Crippen molar-refractivity contribution in [3.63, 3.8) is 0 Å². The summed E-state index contributed by atoms with van der Waals surface area (Å²) in [7, 11) is 0. The number of aromatic nitrogens is 2. The zero-order chi connectivity index (χ0) is 20.9. The minimum absolute atomic E-state index is 0.0427. The molecular formula is C18H15ClF4N4O2. The molecule has 3 saturated carbocycles. The fourth-order valence-corrected chi connectivity index (χ4v) is 4.05. The van der Waals surface area contributed by atoms with Gasteiger partial charge in [0.2, 0.25) is 0 Å². The minimum Gasteiger partial charge on any atom is -0.484 e. The number of alkyl halides is 3. The third-order valence-electron chi connectivity index (χ3n) is 5.01. The van der Waals surface area contributed by atoms with Crippen LogP contribution in [-0.4, -0.2) is 33.6 Å². The van der Waals surface area contributed by atoms with Gasteiger partial charge in [-0.2, -0.15) is 13.2 Å². The van der Waals surface area contributed by atoms with Crippen molar-refractivity contribution in [3.05, 3.63) is 47.1 Å². The number of carbonyl (C=O) groups excluding carboxylic acids is 1. The standard InChI is InChI=1S/C18H15ClF4N4O2/c19-11-2-1-10(3-12(11)20)29-6-15(28)27-17-7-16(8-17,9-17)26-14-5-24-4-13(25-14)18(21,22)23/h1-5H,6-9H2,(H,25,26)(H,27,28). The highest BCUT2D eigenvalue weighted by molar-refractivity contribution is 6.30. The van der Waals surface area contributed by atoms with E-state index < -0.39 is 28.8 Å². The van der Waals surface area contributed by atoms with E-state index in [9.17, 15) is 22.4 Å². The lowest BCUT2D eigenvalue weighted by molar-refractivity contribution is -0.141. The van der Waals surface area contributed by atoms with Gasteiger partial charge in [0.1, 0.15) is 17.4 Å². The van der Waals surface area contributed by atoms with Gasteiger partial charge in [0, 0.05) is 17.1 Å². The van der Waals surface area contributed by atoms with E-state index in [1.165, 1.54) is 18.3 Å². The fourth-order valence-electron chi connectivity index (χ4n) is 3.93. The van der Waals surface area contributed by atoms with E-state index in [0.29, 0.717) is 25.5 Å². The fraction of sp³-hybridized carbons (Fsp3) is 0.389. The molecule has 29 heavy (non-hydrogen) atoms. The Hall–Kier alpha value is -2.62. The van der Waals surface area contributed by atoms with Gasteiger partial charge >= 0.3 is 6.18 Å². The molecule has 0 unspecified atom stereocenters. The van der Waals surface area contributed by atoms with E-state index in [4.69, 9.17) is 16.3 Å². The maximum absolute atomic E-state index is 13.4. The lowest BCUT2D eigenvalue weighted by Gasteiger charge is -2.70. The van der Waals surface area contributed by atoms with Gasteiger partial charge in [0.25, 0.3) is 5.91 Å². The van der Waals surface area contributed by atoms with E-state index in [0.717, 1.165) is 6.07 Å². The number of ether oxygens (including phenoxy) is 1. The van der Waals surface area contributed by atoms with Crippen LogP contribution in [0.15, 0.2) is 30.6 Å². The van der Waals surface area contributed by atoms with Crippen LogP contribution in [0.2, 0.25) is 5.02 Å². The predicted molar refractivity (Wildman–Crippen MR) is 95.0 cm³/mol. The van der Waals surface area contributed by atoms with Gasteiger partial charge in [0.05, 0.1) is 17.4 Å². The van der Waals surface area contributed by atoms with Gasteiger partial charge in [0.15, 0.2) is 12.3 Å². The quantitative estimate of drug-likeness (QED) is 0.685. The molecule has 11 heteroatoms. The lowest BCUT2D eigenvalue weighted by Crippen LogP contribution is -2.81. The number of amides is 1. The number of hydrogen-bond donors (Lipinski definition) is 2. The van der Waals surface area contributed by atoms with Crippen molar-refractivity contribution in [2.75, 3.05) is 11.9 Å². The second kappa shape index (κ2) is 6.72. The molecule has 0 saturated heterocycles. The molecule has 0 radical (unpaired) electrons. The van der Waals surface area contributed by atoms with Crippen LogP contribution in [-0.2, 0) is 11.0 Å². The lowest BCUT2D eigenvalue weighted by atomic mass is 9.44. The first-order valence-corrected chi connectivity index (χ1v) is 9.02. The van der Waals surface area contributed by atoms with Crippen molar-refractivity contribution < 1.29 is 27.1 Å². The molecule has 2 bridgehead atoms. The SMILES string of the molecule is O=C(COc1ccc(Cl)c(F)c1)NC12CC(Nc3cncc(C(F)(F)F)n3)(C1)C2. The van der Waals surface area contributed by atoms with Gasteiger partial charge in [-0.15, -0.1) is 0 Å². The number of anilines is 1. The summed E-state index contributed by atoms with van der Waals surface area (Å²) >= 11 is 5.58. The largest absolute Gasteiger partial charge is 0.484 e. The zero-order valence-corrected chi connectivity index (χ0v) is 15.6. The van der Waals surface area contributed by atoms with Crippen LogP contribution in [0.3, 0.4) is 0 Å². The van der Waals surface area contributed by atoms with Crippen LogP contribution in [0.25, 0.3) is 0 Å². The van der Waals surface area contributed by atoms with Crippen LogP contribution in [0.4, 0.5) is 23.4 Å². The molecule has 3 aliphatic carbocycles. The highest BCUT2D eigenvalue weighted by atomic mass is 35.5. The van der Waals surface area contributed by atoms with Gasteiger partial charge in [-0.05, 0) is 31.4 Å². The number of benzene rings is 1. The Bertz CT molecular complexity index is 949. The Morgan fingerprint density at radius 3 is 2.59 bits per heavy atom. The second-order valence-corrected chi connectivity index (χ2v) is 7.82. The second-order valence-electron chi connectivity index (χ2n) is 7.42. The van der Waals surface area contributed by atoms with Crippen molar-refractivity contribution in [1.29, 1.82) is 0 Å². The highest BCUT2D eigenvalue weighted by Gasteiger charge is 2.69. The molecule has 6 nitrogen and oxygen atoms in total. The van der Waals surface area contributed by atoms with E-state index in [2.05, 4.69) is 20.6 Å². The number of hydrogen-bond acceptors (Lipinski definition) is 5. The third kappa shape index (κ3) is 3.93. The maximum atomic E-state index is 13.4. The first kappa shape index (κ1) is 19.7. The van der Waals surface area contributed by atoms with E-state index in [1.807, 2.05) is 0 Å². The summed E-state index contributed by atoms with van der Waals surface area (Å²) in [4.78, 5) is 19.2. The topological polar surface area (TPSA) is 76.1 Å². The molecular weight excluding hydrogens is 416 g/mol. The molecule has 3 aliphatic rings. The Morgan fingerprint density at radius 2 is 1.93 bits per heavy atom. The van der Waals surface area contributed by atoms with Crippen LogP contribution in [0, 0.1) is 5.82 Å². The maximum Gasteiger partial charge on any atom is 0.434 e. The summed E-state index contributed by atoms with van der Waals surface area (Å²) in [5.74, 6) is -0.782. The van der Waals surface area contributed by atoms with Gasteiger partial charge in [-0.25, -0.2) is 9.37 Å². The van der Waals surface area contributed by atoms with Gasteiger partial charge < -0.3 is 15.4 Å². The summed E-state index contributed by atoms with van der Waals surface area (Å²) < 4.78 is 56.8. The number of halogens is 5. The number of rotatable bonds is 6. The molecule has 0 aliphatic heterocycles. The van der Waals surface area contributed by atoms with Crippen LogP contribution >= 0.6 is 11.6 Å². The van der Waals surface area contributed by atoms with Gasteiger partial charge in [-0.1, -0.05) is 11.6 Å². The average Bonchev–Trinajstić information content (AvgIpc) is 2.59. The molecule has 1 aromatic heterocycles.